The Morgan fingerprint density at radius 2 is 2.15 bits per heavy atom. The van der Waals surface area contributed by atoms with Crippen LogP contribution in [-0.2, 0) is 4.79 Å². The highest BCUT2D eigenvalue weighted by atomic mass is 16.2. The Hall–Kier alpha value is -1.40. The molecule has 4 aliphatic rings. The van der Waals surface area contributed by atoms with Crippen LogP contribution in [0, 0.1) is 17.8 Å². The number of carbonyl (C=O) groups is 1. The number of aliphatic imine (C=N–C) groups is 1. The molecule has 0 aromatic heterocycles. The predicted molar refractivity (Wildman–Crippen MR) is 75.5 cm³/mol. The fourth-order valence-corrected chi connectivity index (χ4v) is 4.01. The molecule has 6 nitrogen and oxygen atoms in total. The minimum absolute atomic E-state index is 0.0583. The van der Waals surface area contributed by atoms with Gasteiger partial charge in [-0.2, -0.15) is 0 Å². The molecule has 0 radical (unpaired) electrons. The highest BCUT2D eigenvalue weighted by Crippen LogP contribution is 2.37. The number of nitrogens with zero attached hydrogens (tertiary/aromatic N) is 2. The molecule has 4 rings (SSSR count). The van der Waals surface area contributed by atoms with E-state index in [4.69, 9.17) is 0 Å². The molecule has 1 aliphatic carbocycles. The number of allylic oxidation sites excluding steroid dienone is 1. The minimum atomic E-state index is -0.223. The first-order valence-electron chi connectivity index (χ1n) is 7.58. The first kappa shape index (κ1) is 12.3. The van der Waals surface area contributed by atoms with Gasteiger partial charge in [-0.25, -0.2) is 10.4 Å². The van der Waals surface area contributed by atoms with Crippen molar-refractivity contribution in [3.05, 3.63) is 11.8 Å². The number of nitrogens with one attached hydrogen (secondary N) is 3. The molecule has 6 heteroatoms. The average molecular weight is 275 g/mol. The van der Waals surface area contributed by atoms with Gasteiger partial charge in [-0.3, -0.25) is 15.2 Å². The van der Waals surface area contributed by atoms with Crippen LogP contribution in [0.1, 0.15) is 19.3 Å². The van der Waals surface area contributed by atoms with Gasteiger partial charge in [0, 0.05) is 37.5 Å². The molecule has 3 heterocycles. The Kier molecular flexibility index (Phi) is 3.00. The highest BCUT2D eigenvalue weighted by Gasteiger charge is 2.40. The Morgan fingerprint density at radius 1 is 1.35 bits per heavy atom. The minimum Gasteiger partial charge on any atom is -0.324 e. The Morgan fingerprint density at radius 3 is 2.95 bits per heavy atom. The van der Waals surface area contributed by atoms with Gasteiger partial charge < -0.3 is 5.43 Å². The molecular formula is C14H21N5O. The molecule has 3 N–H and O–H groups in total. The maximum atomic E-state index is 12.4. The van der Waals surface area contributed by atoms with E-state index < -0.39 is 0 Å². The van der Waals surface area contributed by atoms with E-state index in [0.29, 0.717) is 6.54 Å². The van der Waals surface area contributed by atoms with Crippen LogP contribution in [0.15, 0.2) is 16.8 Å². The van der Waals surface area contributed by atoms with Crippen LogP contribution in [0.3, 0.4) is 0 Å². The summed E-state index contributed by atoms with van der Waals surface area (Å²) in [5, 5.41) is 2.12. The van der Waals surface area contributed by atoms with Gasteiger partial charge in [-0.05, 0) is 30.8 Å². The molecule has 1 saturated carbocycles. The zero-order chi connectivity index (χ0) is 13.5. The number of rotatable bonds is 2. The van der Waals surface area contributed by atoms with Crippen LogP contribution in [-0.4, -0.2) is 42.8 Å². The van der Waals surface area contributed by atoms with Gasteiger partial charge in [-0.1, -0.05) is 6.42 Å². The van der Waals surface area contributed by atoms with Crippen LogP contribution < -0.4 is 16.3 Å². The molecule has 0 aromatic rings. The van der Waals surface area contributed by atoms with Crippen molar-refractivity contribution in [2.24, 2.45) is 22.7 Å². The van der Waals surface area contributed by atoms with Gasteiger partial charge in [0.2, 0.25) is 0 Å². The summed E-state index contributed by atoms with van der Waals surface area (Å²) in [6.45, 7) is 2.71. The Bertz CT molecular complexity index is 462. The average Bonchev–Trinajstić information content (AvgIpc) is 3.10. The number of hydrogen-bond donors (Lipinski definition) is 3. The van der Waals surface area contributed by atoms with Gasteiger partial charge in [-0.15, -0.1) is 0 Å². The molecule has 20 heavy (non-hydrogen) atoms. The van der Waals surface area contributed by atoms with Gasteiger partial charge in [0.1, 0.15) is 6.04 Å². The fourth-order valence-electron chi connectivity index (χ4n) is 4.01. The van der Waals surface area contributed by atoms with E-state index in [1.54, 1.807) is 6.21 Å². The van der Waals surface area contributed by atoms with Crippen molar-refractivity contribution in [1.29, 1.82) is 0 Å². The first-order valence-corrected chi connectivity index (χ1v) is 7.58. The lowest BCUT2D eigenvalue weighted by molar-refractivity contribution is -0.128. The van der Waals surface area contributed by atoms with E-state index in [1.165, 1.54) is 19.3 Å². The zero-order valence-electron chi connectivity index (χ0n) is 11.5. The van der Waals surface area contributed by atoms with Gasteiger partial charge in [0.25, 0.3) is 5.91 Å². The van der Waals surface area contributed by atoms with Gasteiger partial charge in [0.05, 0.1) is 0 Å². The lowest BCUT2D eigenvalue weighted by Gasteiger charge is -2.23. The van der Waals surface area contributed by atoms with Crippen LogP contribution in [0.5, 0.6) is 0 Å². The van der Waals surface area contributed by atoms with Gasteiger partial charge >= 0.3 is 0 Å². The van der Waals surface area contributed by atoms with E-state index >= 15 is 0 Å². The van der Waals surface area contributed by atoms with Crippen molar-refractivity contribution in [2.45, 2.75) is 25.3 Å². The number of hydrogen-bond acceptors (Lipinski definition) is 5. The largest absolute Gasteiger partial charge is 0.324 e. The standard InChI is InChI=1S/C14H21N5O/c20-14(13-11-6-15-5-4-12(11)16-17-13)18-19-7-9-2-1-3-10(9)8-19/h4-5,9-11,13,16-17H,1-3,6-8H2,(H,18,20). The molecule has 0 bridgehead atoms. The topological polar surface area (TPSA) is 68.8 Å². The number of hydrazine groups is 2. The molecule has 4 unspecified atom stereocenters. The second-order valence-electron chi connectivity index (χ2n) is 6.32. The predicted octanol–water partition coefficient (Wildman–Crippen LogP) is -0.190. The summed E-state index contributed by atoms with van der Waals surface area (Å²) in [5.41, 5.74) is 10.3. The Balaban J connectivity index is 1.37. The van der Waals surface area contributed by atoms with Crippen molar-refractivity contribution >= 4 is 12.1 Å². The fraction of sp³-hybridized carbons (Fsp3) is 0.714. The number of amides is 1. The number of fused-ring (bicyclic) bond motifs is 2. The van der Waals surface area contributed by atoms with Crippen molar-refractivity contribution in [3.63, 3.8) is 0 Å². The summed E-state index contributed by atoms with van der Waals surface area (Å²) in [6, 6.07) is -0.223. The van der Waals surface area contributed by atoms with E-state index in [-0.39, 0.29) is 17.9 Å². The lowest BCUT2D eigenvalue weighted by atomic mass is 9.96. The zero-order valence-corrected chi connectivity index (χ0v) is 11.5. The maximum Gasteiger partial charge on any atom is 0.253 e. The number of dihydropyridines is 1. The molecule has 3 fully saturated rings. The van der Waals surface area contributed by atoms with Crippen molar-refractivity contribution in [2.75, 3.05) is 19.6 Å². The molecule has 108 valence electrons. The normalized spacial score (nSPS) is 39.1. The highest BCUT2D eigenvalue weighted by molar-refractivity contribution is 5.84. The lowest BCUT2D eigenvalue weighted by Crippen LogP contribution is -2.52. The SMILES string of the molecule is O=C(NN1CC2CCCC2C1)C1NNC2=CC=NCC21. The second-order valence-corrected chi connectivity index (χ2v) is 6.32. The van der Waals surface area contributed by atoms with E-state index in [9.17, 15) is 4.79 Å². The van der Waals surface area contributed by atoms with Crippen LogP contribution in [0.4, 0.5) is 0 Å². The monoisotopic (exact) mass is 275 g/mol. The maximum absolute atomic E-state index is 12.4. The quantitative estimate of drug-likeness (QED) is 0.653. The first-order chi connectivity index (χ1) is 9.81. The molecular weight excluding hydrogens is 254 g/mol. The van der Waals surface area contributed by atoms with Gasteiger partial charge in [0.15, 0.2) is 0 Å². The van der Waals surface area contributed by atoms with Crippen molar-refractivity contribution in [1.82, 2.24) is 21.3 Å². The third-order valence-corrected chi connectivity index (χ3v) is 5.11. The smallest absolute Gasteiger partial charge is 0.253 e. The summed E-state index contributed by atoms with van der Waals surface area (Å²) < 4.78 is 0. The molecule has 4 atom stereocenters. The van der Waals surface area contributed by atoms with Crippen LogP contribution >= 0.6 is 0 Å². The summed E-state index contributed by atoms with van der Waals surface area (Å²) in [4.78, 5) is 16.7. The van der Waals surface area contributed by atoms with Crippen molar-refractivity contribution < 1.29 is 4.79 Å². The molecule has 0 aromatic carbocycles. The van der Waals surface area contributed by atoms with Crippen molar-refractivity contribution in [3.8, 4) is 0 Å². The Labute approximate surface area is 118 Å². The van der Waals surface area contributed by atoms with E-state index in [1.807, 2.05) is 6.08 Å². The van der Waals surface area contributed by atoms with E-state index in [2.05, 4.69) is 26.3 Å². The molecule has 3 aliphatic heterocycles. The summed E-state index contributed by atoms with van der Waals surface area (Å²) in [5.74, 6) is 1.78. The third-order valence-electron chi connectivity index (χ3n) is 5.11. The second kappa shape index (κ2) is 4.86. The number of carbonyl (C=O) groups excluding carboxylic acids is 1. The molecule has 2 saturated heterocycles. The summed E-state index contributed by atoms with van der Waals surface area (Å²) in [7, 11) is 0. The molecule has 0 spiro atoms. The summed E-state index contributed by atoms with van der Waals surface area (Å²) in [6.07, 6.45) is 7.74. The third kappa shape index (κ3) is 2.03. The van der Waals surface area contributed by atoms with Crippen LogP contribution in [0.2, 0.25) is 0 Å². The molecule has 1 amide bonds. The van der Waals surface area contributed by atoms with Crippen LogP contribution in [0.25, 0.3) is 0 Å². The summed E-state index contributed by atoms with van der Waals surface area (Å²) >= 11 is 0. The van der Waals surface area contributed by atoms with E-state index in [0.717, 1.165) is 30.6 Å².